The molecule has 0 aliphatic rings. The monoisotopic (exact) mass is 493 g/mol. The van der Waals surface area contributed by atoms with Gasteiger partial charge in [-0.25, -0.2) is 19.4 Å². The summed E-state index contributed by atoms with van der Waals surface area (Å²) >= 11 is 14.4. The number of aromatic nitrogens is 6. The maximum absolute atomic E-state index is 9.62. The summed E-state index contributed by atoms with van der Waals surface area (Å²) in [5.74, 6) is 0.949. The summed E-state index contributed by atoms with van der Waals surface area (Å²) < 4.78 is -0.336. The fourth-order valence-corrected chi connectivity index (χ4v) is 2.69. The zero-order valence-corrected chi connectivity index (χ0v) is 19.2. The van der Waals surface area contributed by atoms with Crippen molar-refractivity contribution in [2.75, 3.05) is 5.32 Å². The molecular weight excluding hydrogens is 477 g/mol. The van der Waals surface area contributed by atoms with E-state index in [0.29, 0.717) is 0 Å². The maximum atomic E-state index is 9.62. The molecule has 0 aliphatic carbocycles. The normalized spacial score (nSPS) is 10.9. The molecule has 4 rings (SSSR count). The van der Waals surface area contributed by atoms with Crippen LogP contribution in [0.15, 0.2) is 55.0 Å². The Morgan fingerprint density at radius 3 is 2.34 bits per heavy atom. The van der Waals surface area contributed by atoms with Gasteiger partial charge in [-0.2, -0.15) is 10.2 Å². The first-order valence-corrected chi connectivity index (χ1v) is 10.3. The Kier molecular flexibility index (Phi) is 7.34. The lowest BCUT2D eigenvalue weighted by Crippen LogP contribution is -2.16. The third kappa shape index (κ3) is 6.19. The second-order valence-corrected chi connectivity index (χ2v) is 8.79. The lowest BCUT2D eigenvalue weighted by Gasteiger charge is -2.08. The number of nitrogens with zero attached hydrogens (tertiary/aromatic N) is 5. The topological polar surface area (TPSA) is 122 Å². The van der Waals surface area contributed by atoms with Crippen LogP contribution in [0.2, 0.25) is 0 Å². The van der Waals surface area contributed by atoms with E-state index in [-0.39, 0.29) is 0 Å². The minimum absolute atomic E-state index is 0.764. The summed E-state index contributed by atoms with van der Waals surface area (Å²) in [5.41, 5.74) is 4.01. The second-order valence-electron chi connectivity index (χ2n) is 6.51. The molecule has 0 spiro atoms. The molecule has 0 amide bonds. The van der Waals surface area contributed by atoms with Crippen molar-refractivity contribution in [2.24, 2.45) is 0 Å². The van der Waals surface area contributed by atoms with Crippen LogP contribution in [0.4, 0.5) is 11.5 Å². The number of alkyl halides is 3. The number of pyridine rings is 1. The zero-order valence-electron chi connectivity index (χ0n) is 16.9. The van der Waals surface area contributed by atoms with Gasteiger partial charge in [0.15, 0.2) is 0 Å². The first kappa shape index (κ1) is 23.5. The molecule has 1 aromatic carbocycles. The number of aliphatic carboxylic acids is 1. The number of aryl methyl sites for hydroxylation is 2. The first-order valence-electron chi connectivity index (χ1n) is 9.16. The number of carboxylic acids is 1. The van der Waals surface area contributed by atoms with Gasteiger partial charge >= 0.3 is 5.97 Å². The van der Waals surface area contributed by atoms with E-state index in [9.17, 15) is 4.79 Å². The molecule has 0 bridgehead atoms. The molecule has 0 unspecified atom stereocenters. The average molecular weight is 495 g/mol. The Morgan fingerprint density at radius 2 is 1.81 bits per heavy atom. The number of aromatic amines is 1. The highest BCUT2D eigenvalue weighted by Crippen LogP contribution is 2.25. The molecule has 32 heavy (non-hydrogen) atoms. The van der Waals surface area contributed by atoms with E-state index in [1.54, 1.807) is 12.4 Å². The van der Waals surface area contributed by atoms with Gasteiger partial charge in [0.2, 0.25) is 0 Å². The molecule has 0 saturated heterocycles. The molecule has 3 heterocycles. The zero-order chi connectivity index (χ0) is 23.3. The molecule has 3 N–H and O–H groups in total. The summed E-state index contributed by atoms with van der Waals surface area (Å²) in [6.45, 7) is 3.83. The molecule has 4 aromatic rings. The van der Waals surface area contributed by atoms with Gasteiger partial charge in [-0.3, -0.25) is 5.10 Å². The van der Waals surface area contributed by atoms with Crippen molar-refractivity contribution in [2.45, 2.75) is 17.6 Å². The number of hydrogen-bond donors (Lipinski definition) is 3. The average Bonchev–Trinajstić information content (AvgIpc) is 3.38. The number of carboxylic acid groups (broad SMARTS) is 1. The number of benzene rings is 1. The minimum atomic E-state index is -2.17. The smallest absolute Gasteiger partial charge is 0.356 e. The van der Waals surface area contributed by atoms with Gasteiger partial charge in [0.25, 0.3) is 3.79 Å². The summed E-state index contributed by atoms with van der Waals surface area (Å²) in [6, 6.07) is 11.9. The molecular formula is C20H18Cl3N7O2. The third-order valence-corrected chi connectivity index (χ3v) is 4.58. The van der Waals surface area contributed by atoms with E-state index < -0.39 is 9.76 Å². The molecule has 166 valence electrons. The van der Waals surface area contributed by atoms with Crippen LogP contribution in [-0.2, 0) is 4.79 Å². The third-order valence-electron chi connectivity index (χ3n) is 4.09. The van der Waals surface area contributed by atoms with Crippen LogP contribution in [0.3, 0.4) is 0 Å². The number of rotatable bonds is 4. The Hall–Kier alpha value is -3.14. The molecule has 12 heteroatoms. The molecule has 0 radical (unpaired) electrons. The molecule has 3 aromatic heterocycles. The van der Waals surface area contributed by atoms with Crippen molar-refractivity contribution in [3.8, 4) is 16.8 Å². The van der Waals surface area contributed by atoms with Crippen molar-refractivity contribution < 1.29 is 9.90 Å². The van der Waals surface area contributed by atoms with Crippen molar-refractivity contribution in [3.05, 3.63) is 66.6 Å². The highest BCUT2D eigenvalue weighted by atomic mass is 35.6. The number of halogens is 3. The van der Waals surface area contributed by atoms with E-state index in [0.717, 1.165) is 40.0 Å². The van der Waals surface area contributed by atoms with E-state index in [1.807, 2.05) is 61.1 Å². The van der Waals surface area contributed by atoms with Crippen LogP contribution in [0.25, 0.3) is 16.8 Å². The summed E-state index contributed by atoms with van der Waals surface area (Å²) in [4.78, 5) is 18.3. The van der Waals surface area contributed by atoms with Gasteiger partial charge in [-0.1, -0.05) is 34.8 Å². The van der Waals surface area contributed by atoms with Crippen LogP contribution in [0.5, 0.6) is 0 Å². The standard InChI is InChI=1S/C18H17N7.C2HCl3O2/c1-12-22-13(2)25(24-12)17-5-3-16(4-6-17)23-18-9-14(7-8-19-18)15-10-20-21-11-15;3-2(4,5)1(6)7/h3-11H,1-2H3,(H,19,23)(H,20,21);(H,6,7). The van der Waals surface area contributed by atoms with Crippen LogP contribution in [-0.4, -0.2) is 44.8 Å². The van der Waals surface area contributed by atoms with Crippen molar-refractivity contribution in [1.82, 2.24) is 29.9 Å². The van der Waals surface area contributed by atoms with E-state index in [1.165, 1.54) is 0 Å². The number of H-pyrrole nitrogens is 1. The van der Waals surface area contributed by atoms with Gasteiger partial charge in [0, 0.05) is 23.6 Å². The van der Waals surface area contributed by atoms with Crippen molar-refractivity contribution >= 4 is 52.3 Å². The predicted octanol–water partition coefficient (Wildman–Crippen LogP) is 4.85. The number of carbonyl (C=O) groups is 1. The number of anilines is 2. The predicted molar refractivity (Wildman–Crippen MR) is 124 cm³/mol. The Balaban J connectivity index is 0.000000360. The highest BCUT2D eigenvalue weighted by molar-refractivity contribution is 6.75. The SMILES string of the molecule is Cc1nc(C)n(-c2ccc(Nc3cc(-c4cn[nH]c4)ccn3)cc2)n1.O=C(O)C(Cl)(Cl)Cl. The second kappa shape index (κ2) is 9.99. The Bertz CT molecular complexity index is 1190. The quantitative estimate of drug-likeness (QED) is 0.346. The van der Waals surface area contributed by atoms with Gasteiger partial charge < -0.3 is 10.4 Å². The van der Waals surface area contributed by atoms with Gasteiger partial charge in [-0.05, 0) is 55.8 Å². The molecule has 0 saturated carbocycles. The minimum Gasteiger partial charge on any atom is -0.478 e. The molecule has 0 atom stereocenters. The fourth-order valence-electron chi connectivity index (χ4n) is 2.69. The lowest BCUT2D eigenvalue weighted by atomic mass is 10.1. The van der Waals surface area contributed by atoms with Crippen molar-refractivity contribution in [3.63, 3.8) is 0 Å². The molecule has 0 aliphatic heterocycles. The Labute approximate surface area is 198 Å². The number of hydrogen-bond acceptors (Lipinski definition) is 6. The van der Waals surface area contributed by atoms with Crippen LogP contribution in [0.1, 0.15) is 11.6 Å². The largest absolute Gasteiger partial charge is 0.478 e. The van der Waals surface area contributed by atoms with E-state index >= 15 is 0 Å². The van der Waals surface area contributed by atoms with E-state index in [4.69, 9.17) is 39.9 Å². The van der Waals surface area contributed by atoms with E-state index in [2.05, 4.69) is 30.6 Å². The number of nitrogens with one attached hydrogen (secondary N) is 2. The van der Waals surface area contributed by atoms with Crippen LogP contribution < -0.4 is 5.32 Å². The first-order chi connectivity index (χ1) is 15.1. The summed E-state index contributed by atoms with van der Waals surface area (Å²) in [7, 11) is 0. The van der Waals surface area contributed by atoms with Gasteiger partial charge in [0.1, 0.15) is 17.5 Å². The van der Waals surface area contributed by atoms with Gasteiger partial charge in [-0.15, -0.1) is 0 Å². The highest BCUT2D eigenvalue weighted by Gasteiger charge is 2.29. The summed E-state index contributed by atoms with van der Waals surface area (Å²) in [5, 5.41) is 22.4. The molecule has 0 fully saturated rings. The van der Waals surface area contributed by atoms with Crippen LogP contribution >= 0.6 is 34.8 Å². The molecule has 9 nitrogen and oxygen atoms in total. The lowest BCUT2D eigenvalue weighted by molar-refractivity contribution is -0.135. The maximum Gasteiger partial charge on any atom is 0.356 e. The van der Waals surface area contributed by atoms with Crippen LogP contribution in [0, 0.1) is 13.8 Å². The Morgan fingerprint density at radius 1 is 1.12 bits per heavy atom. The fraction of sp³-hybridized carbons (Fsp3) is 0.150. The van der Waals surface area contributed by atoms with Gasteiger partial charge in [0.05, 0.1) is 11.9 Å². The van der Waals surface area contributed by atoms with Crippen molar-refractivity contribution in [1.29, 1.82) is 0 Å². The summed E-state index contributed by atoms with van der Waals surface area (Å²) in [6.07, 6.45) is 5.42.